The van der Waals surface area contributed by atoms with Crippen molar-refractivity contribution in [3.05, 3.63) is 34.1 Å². The van der Waals surface area contributed by atoms with Crippen LogP contribution in [0.5, 0.6) is 11.5 Å². The van der Waals surface area contributed by atoms with Crippen LogP contribution in [0.3, 0.4) is 0 Å². The number of pyridine rings is 1. The van der Waals surface area contributed by atoms with Crippen LogP contribution >= 0.6 is 0 Å². The van der Waals surface area contributed by atoms with Crippen LogP contribution in [0, 0.1) is 0 Å². The van der Waals surface area contributed by atoms with Gasteiger partial charge in [0.2, 0.25) is 18.1 Å². The molecule has 190 valence electrons. The van der Waals surface area contributed by atoms with E-state index in [-0.39, 0.29) is 29.6 Å². The second-order valence-electron chi connectivity index (χ2n) is 9.18. The lowest BCUT2D eigenvalue weighted by atomic mass is 10.1. The van der Waals surface area contributed by atoms with E-state index in [1.165, 1.54) is 6.42 Å². The van der Waals surface area contributed by atoms with Gasteiger partial charge in [0.1, 0.15) is 5.56 Å². The van der Waals surface area contributed by atoms with Crippen LogP contribution in [0.15, 0.2) is 23.1 Å². The molecule has 2 N–H and O–H groups in total. The van der Waals surface area contributed by atoms with E-state index in [4.69, 9.17) is 9.47 Å². The summed E-state index contributed by atoms with van der Waals surface area (Å²) in [7, 11) is 0. The molecule has 0 unspecified atom stereocenters. The third-order valence-electron chi connectivity index (χ3n) is 6.97. The number of likely N-dealkylation sites (tertiary alicyclic amines) is 1. The van der Waals surface area contributed by atoms with Crippen molar-refractivity contribution in [2.45, 2.75) is 65.0 Å². The number of unbranched alkanes of at least 4 members (excludes halogenated alkanes) is 2. The van der Waals surface area contributed by atoms with E-state index in [0.717, 1.165) is 45.3 Å². The molecule has 1 fully saturated rings. The number of nitrogens with one attached hydrogen (secondary N) is 2. The van der Waals surface area contributed by atoms with Crippen LogP contribution in [0.2, 0.25) is 0 Å². The summed E-state index contributed by atoms with van der Waals surface area (Å²) >= 11 is 0. The number of rotatable bonds is 11. The van der Waals surface area contributed by atoms with Gasteiger partial charge in [-0.25, -0.2) is 0 Å². The SMILES string of the molecule is CCN1CCC[C@H]1CNC(=O)CCCCCNC(=O)c1cn(CC)c2cc3c(cc2c1=O)OCO3. The highest BCUT2D eigenvalue weighted by Crippen LogP contribution is 2.35. The molecule has 0 aliphatic carbocycles. The molecule has 1 aromatic carbocycles. The van der Waals surface area contributed by atoms with Crippen molar-refractivity contribution < 1.29 is 19.1 Å². The number of nitrogens with zero attached hydrogens (tertiary/aromatic N) is 2. The Morgan fingerprint density at radius 1 is 1.06 bits per heavy atom. The molecule has 1 saturated heterocycles. The Balaban J connectivity index is 1.23. The average molecular weight is 485 g/mol. The van der Waals surface area contributed by atoms with Crippen molar-refractivity contribution in [1.82, 2.24) is 20.1 Å². The number of aryl methyl sites for hydroxylation is 1. The number of hydrogen-bond donors (Lipinski definition) is 2. The molecule has 2 aliphatic heterocycles. The first-order chi connectivity index (χ1) is 17.0. The van der Waals surface area contributed by atoms with Crippen molar-refractivity contribution in [2.75, 3.05) is 33.0 Å². The van der Waals surface area contributed by atoms with Gasteiger partial charge in [0.25, 0.3) is 5.91 Å². The summed E-state index contributed by atoms with van der Waals surface area (Å²) in [4.78, 5) is 40.4. The highest BCUT2D eigenvalue weighted by Gasteiger charge is 2.23. The number of amides is 2. The summed E-state index contributed by atoms with van der Waals surface area (Å²) in [6.07, 6.45) is 6.81. The fourth-order valence-corrected chi connectivity index (χ4v) is 4.95. The maximum absolute atomic E-state index is 13.0. The quantitative estimate of drug-likeness (QED) is 0.476. The molecule has 0 saturated carbocycles. The Morgan fingerprint density at radius 2 is 1.86 bits per heavy atom. The van der Waals surface area contributed by atoms with E-state index in [0.29, 0.717) is 48.0 Å². The third-order valence-corrected chi connectivity index (χ3v) is 6.97. The lowest BCUT2D eigenvalue weighted by Gasteiger charge is -2.22. The maximum Gasteiger partial charge on any atom is 0.256 e. The number of carbonyl (C=O) groups is 2. The number of likely N-dealkylation sites (N-methyl/N-ethyl adjacent to an activating group) is 1. The minimum Gasteiger partial charge on any atom is -0.454 e. The van der Waals surface area contributed by atoms with E-state index in [1.54, 1.807) is 18.3 Å². The van der Waals surface area contributed by atoms with Gasteiger partial charge in [-0.1, -0.05) is 13.3 Å². The van der Waals surface area contributed by atoms with Crippen molar-refractivity contribution >= 4 is 22.7 Å². The van der Waals surface area contributed by atoms with Gasteiger partial charge >= 0.3 is 0 Å². The van der Waals surface area contributed by atoms with E-state index in [1.807, 2.05) is 11.5 Å². The lowest BCUT2D eigenvalue weighted by molar-refractivity contribution is -0.121. The van der Waals surface area contributed by atoms with Crippen LogP contribution in [0.4, 0.5) is 0 Å². The fourth-order valence-electron chi connectivity index (χ4n) is 4.95. The van der Waals surface area contributed by atoms with Gasteiger partial charge in [0.15, 0.2) is 11.5 Å². The predicted octanol–water partition coefficient (Wildman–Crippen LogP) is 2.64. The molecule has 3 heterocycles. The van der Waals surface area contributed by atoms with E-state index in [9.17, 15) is 14.4 Å². The molecule has 1 atom stereocenters. The molecule has 9 heteroatoms. The zero-order chi connectivity index (χ0) is 24.8. The summed E-state index contributed by atoms with van der Waals surface area (Å²) in [5, 5.41) is 6.36. The minimum atomic E-state index is -0.383. The van der Waals surface area contributed by atoms with Crippen LogP contribution in [0.1, 0.15) is 62.7 Å². The first-order valence-electron chi connectivity index (χ1n) is 12.8. The Labute approximate surface area is 205 Å². The van der Waals surface area contributed by atoms with Crippen molar-refractivity contribution in [2.24, 2.45) is 0 Å². The standard InChI is InChI=1S/C26H36N4O5/c1-3-29-12-8-9-18(29)15-28-24(31)10-6-5-7-11-27-26(33)20-16-30(4-2)21-14-23-22(34-17-35-23)13-19(21)25(20)32/h13-14,16,18H,3-12,15,17H2,1-2H3,(H,27,33)(H,28,31)/t18-/m0/s1. The first kappa shape index (κ1) is 25.0. The topological polar surface area (TPSA) is 102 Å². The molecule has 2 amide bonds. The highest BCUT2D eigenvalue weighted by molar-refractivity contribution is 5.97. The van der Waals surface area contributed by atoms with Crippen LogP contribution in [0.25, 0.3) is 10.9 Å². The largest absolute Gasteiger partial charge is 0.454 e. The van der Waals surface area contributed by atoms with E-state index in [2.05, 4.69) is 22.5 Å². The van der Waals surface area contributed by atoms with Gasteiger partial charge in [-0.3, -0.25) is 19.3 Å². The summed E-state index contributed by atoms with van der Waals surface area (Å²) in [6, 6.07) is 3.90. The van der Waals surface area contributed by atoms with Gasteiger partial charge in [-0.05, 0) is 51.8 Å². The number of hydrogen-bond acceptors (Lipinski definition) is 6. The fraction of sp³-hybridized carbons (Fsp3) is 0.577. The lowest BCUT2D eigenvalue weighted by Crippen LogP contribution is -2.39. The average Bonchev–Trinajstić information content (AvgIpc) is 3.52. The number of benzene rings is 1. The van der Waals surface area contributed by atoms with Crippen molar-refractivity contribution in [1.29, 1.82) is 0 Å². The molecular formula is C26H36N4O5. The number of ether oxygens (including phenoxy) is 2. The number of carbonyl (C=O) groups excluding carboxylic acids is 2. The highest BCUT2D eigenvalue weighted by atomic mass is 16.7. The van der Waals surface area contributed by atoms with Crippen LogP contribution in [-0.4, -0.2) is 60.3 Å². The van der Waals surface area contributed by atoms with Crippen molar-refractivity contribution in [3.63, 3.8) is 0 Å². The van der Waals surface area contributed by atoms with E-state index >= 15 is 0 Å². The molecule has 35 heavy (non-hydrogen) atoms. The molecule has 2 aromatic rings. The van der Waals surface area contributed by atoms with Crippen molar-refractivity contribution in [3.8, 4) is 11.5 Å². The van der Waals surface area contributed by atoms with Gasteiger partial charge in [0.05, 0.1) is 10.9 Å². The van der Waals surface area contributed by atoms with Gasteiger partial charge < -0.3 is 24.7 Å². The smallest absolute Gasteiger partial charge is 0.256 e. The molecular weight excluding hydrogens is 448 g/mol. The molecule has 0 spiro atoms. The summed E-state index contributed by atoms with van der Waals surface area (Å²) in [6.45, 7) is 8.19. The summed E-state index contributed by atoms with van der Waals surface area (Å²) in [5.41, 5.74) is 0.513. The molecule has 9 nitrogen and oxygen atoms in total. The summed E-state index contributed by atoms with van der Waals surface area (Å²) < 4.78 is 12.7. The van der Waals surface area contributed by atoms with Gasteiger partial charge in [0, 0.05) is 44.4 Å². The van der Waals surface area contributed by atoms with Crippen LogP contribution in [-0.2, 0) is 11.3 Å². The Bertz CT molecular complexity index is 1130. The Kier molecular flexibility index (Phi) is 8.28. The molecule has 2 aliphatic rings. The number of aromatic nitrogens is 1. The molecule has 0 radical (unpaired) electrons. The predicted molar refractivity (Wildman–Crippen MR) is 134 cm³/mol. The molecule has 1 aromatic heterocycles. The Hall–Kier alpha value is -3.07. The molecule has 4 rings (SSSR count). The molecule has 0 bridgehead atoms. The zero-order valence-corrected chi connectivity index (χ0v) is 20.7. The number of fused-ring (bicyclic) bond motifs is 2. The van der Waals surface area contributed by atoms with E-state index < -0.39 is 0 Å². The first-order valence-corrected chi connectivity index (χ1v) is 12.8. The zero-order valence-electron chi connectivity index (χ0n) is 20.7. The second kappa shape index (κ2) is 11.6. The second-order valence-corrected chi connectivity index (χ2v) is 9.18. The minimum absolute atomic E-state index is 0.0918. The third kappa shape index (κ3) is 5.78. The monoisotopic (exact) mass is 484 g/mol. The van der Waals surface area contributed by atoms with Gasteiger partial charge in [-0.15, -0.1) is 0 Å². The maximum atomic E-state index is 13.0. The van der Waals surface area contributed by atoms with Crippen LogP contribution < -0.4 is 25.5 Å². The van der Waals surface area contributed by atoms with Gasteiger partial charge in [-0.2, -0.15) is 0 Å². The normalized spacial score (nSPS) is 17.1. The Morgan fingerprint density at radius 3 is 2.63 bits per heavy atom. The summed E-state index contributed by atoms with van der Waals surface area (Å²) in [5.74, 6) is 0.830.